The van der Waals surface area contributed by atoms with E-state index >= 15 is 0 Å². The van der Waals surface area contributed by atoms with Gasteiger partial charge in [0.1, 0.15) is 0 Å². The van der Waals surface area contributed by atoms with E-state index in [-0.39, 0.29) is 0 Å². The molecule has 0 aliphatic carbocycles. The van der Waals surface area contributed by atoms with Crippen LogP contribution in [0, 0.1) is 0 Å². The largest absolute Gasteiger partial charge is 0.478 e. The lowest BCUT2D eigenvalue weighted by Gasteiger charge is -1.95. The van der Waals surface area contributed by atoms with E-state index in [4.69, 9.17) is 5.11 Å². The van der Waals surface area contributed by atoms with Gasteiger partial charge in [-0.2, -0.15) is 5.10 Å². The molecule has 0 aliphatic rings. The predicted octanol–water partition coefficient (Wildman–Crippen LogP) is 2.19. The lowest BCUT2D eigenvalue weighted by Crippen LogP contribution is -1.96. The number of benzene rings is 1. The van der Waals surface area contributed by atoms with Crippen molar-refractivity contribution in [2.75, 3.05) is 0 Å². The van der Waals surface area contributed by atoms with Gasteiger partial charge in [-0.1, -0.05) is 36.4 Å². The van der Waals surface area contributed by atoms with Crippen LogP contribution >= 0.6 is 0 Å². The molecule has 0 spiro atoms. The number of carboxylic acid groups (broad SMARTS) is 1. The van der Waals surface area contributed by atoms with Crippen LogP contribution < -0.4 is 0 Å². The average molecular weight is 228 g/mol. The summed E-state index contributed by atoms with van der Waals surface area (Å²) in [6, 6.07) is 9.92. The molecule has 0 saturated carbocycles. The zero-order chi connectivity index (χ0) is 12.1. The molecular formula is C13H12N2O2. The van der Waals surface area contributed by atoms with Gasteiger partial charge in [-0.05, 0) is 5.56 Å². The van der Waals surface area contributed by atoms with E-state index in [9.17, 15) is 4.79 Å². The van der Waals surface area contributed by atoms with Gasteiger partial charge in [0, 0.05) is 17.8 Å². The summed E-state index contributed by atoms with van der Waals surface area (Å²) < 4.78 is 1.70. The minimum absolute atomic E-state index is 0.457. The van der Waals surface area contributed by atoms with Gasteiger partial charge in [-0.15, -0.1) is 0 Å². The molecule has 0 saturated heterocycles. The SMILES string of the molecule is O=C(O)C=CCn1cc(-c2ccccc2)cn1. The molecule has 0 bridgehead atoms. The second-order valence-electron chi connectivity index (χ2n) is 3.56. The van der Waals surface area contributed by atoms with Crippen LogP contribution in [-0.4, -0.2) is 20.9 Å². The number of aromatic nitrogens is 2. The van der Waals surface area contributed by atoms with Gasteiger partial charge < -0.3 is 5.11 Å². The second kappa shape index (κ2) is 5.12. The Balaban J connectivity index is 2.09. The Morgan fingerprint density at radius 3 is 2.76 bits per heavy atom. The average Bonchev–Trinajstić information content (AvgIpc) is 2.78. The van der Waals surface area contributed by atoms with E-state index in [1.54, 1.807) is 17.0 Å². The highest BCUT2D eigenvalue weighted by atomic mass is 16.4. The first-order chi connectivity index (χ1) is 8.25. The van der Waals surface area contributed by atoms with E-state index in [1.165, 1.54) is 0 Å². The fraction of sp³-hybridized carbons (Fsp3) is 0.0769. The first kappa shape index (κ1) is 11.1. The third-order valence-electron chi connectivity index (χ3n) is 2.29. The molecule has 0 amide bonds. The van der Waals surface area contributed by atoms with Crippen LogP contribution in [0.5, 0.6) is 0 Å². The molecule has 0 radical (unpaired) electrons. The number of hydrogen-bond donors (Lipinski definition) is 1. The number of allylic oxidation sites excluding steroid dienone is 1. The summed E-state index contributed by atoms with van der Waals surface area (Å²) in [6.45, 7) is 0.457. The zero-order valence-electron chi connectivity index (χ0n) is 9.15. The van der Waals surface area contributed by atoms with Crippen molar-refractivity contribution in [3.63, 3.8) is 0 Å². The Kier molecular flexibility index (Phi) is 3.35. The van der Waals surface area contributed by atoms with Crippen molar-refractivity contribution < 1.29 is 9.90 Å². The van der Waals surface area contributed by atoms with Gasteiger partial charge in [0.2, 0.25) is 0 Å². The molecule has 86 valence electrons. The Labute approximate surface area is 98.8 Å². The minimum atomic E-state index is -0.944. The molecule has 2 rings (SSSR count). The van der Waals surface area contributed by atoms with E-state index in [1.807, 2.05) is 36.5 Å². The molecular weight excluding hydrogens is 216 g/mol. The Morgan fingerprint density at radius 1 is 1.29 bits per heavy atom. The summed E-state index contributed by atoms with van der Waals surface area (Å²) in [5, 5.41) is 12.6. The van der Waals surface area contributed by atoms with Crippen molar-refractivity contribution in [1.82, 2.24) is 9.78 Å². The highest BCUT2D eigenvalue weighted by Gasteiger charge is 1.99. The molecule has 1 N–H and O–H groups in total. The van der Waals surface area contributed by atoms with Crippen molar-refractivity contribution >= 4 is 5.97 Å². The number of carboxylic acids is 1. The number of rotatable bonds is 4. The van der Waals surface area contributed by atoms with Crippen LogP contribution in [0.3, 0.4) is 0 Å². The van der Waals surface area contributed by atoms with E-state index in [2.05, 4.69) is 5.10 Å². The number of hydrogen-bond acceptors (Lipinski definition) is 2. The summed E-state index contributed by atoms with van der Waals surface area (Å²) in [7, 11) is 0. The Hall–Kier alpha value is -2.36. The third-order valence-corrected chi connectivity index (χ3v) is 2.29. The van der Waals surface area contributed by atoms with Crippen molar-refractivity contribution in [2.24, 2.45) is 0 Å². The Morgan fingerprint density at radius 2 is 2.06 bits per heavy atom. The topological polar surface area (TPSA) is 55.1 Å². The molecule has 1 aromatic carbocycles. The lowest BCUT2D eigenvalue weighted by molar-refractivity contribution is -0.131. The van der Waals surface area contributed by atoms with Gasteiger partial charge in [-0.3, -0.25) is 4.68 Å². The summed E-state index contributed by atoms with van der Waals surface area (Å²) in [6.07, 6.45) is 6.33. The maximum absolute atomic E-state index is 10.3. The quantitative estimate of drug-likeness (QED) is 0.816. The van der Waals surface area contributed by atoms with Crippen LogP contribution in [0.2, 0.25) is 0 Å². The molecule has 4 heteroatoms. The van der Waals surface area contributed by atoms with Gasteiger partial charge in [-0.25, -0.2) is 4.79 Å². The highest BCUT2D eigenvalue weighted by Crippen LogP contribution is 2.17. The number of carbonyl (C=O) groups is 1. The van der Waals surface area contributed by atoms with Crippen LogP contribution in [-0.2, 0) is 11.3 Å². The molecule has 0 fully saturated rings. The first-order valence-corrected chi connectivity index (χ1v) is 5.23. The van der Waals surface area contributed by atoms with Crippen molar-refractivity contribution in [1.29, 1.82) is 0 Å². The van der Waals surface area contributed by atoms with Crippen molar-refractivity contribution in [2.45, 2.75) is 6.54 Å². The van der Waals surface area contributed by atoms with Gasteiger partial charge in [0.15, 0.2) is 0 Å². The zero-order valence-corrected chi connectivity index (χ0v) is 9.15. The minimum Gasteiger partial charge on any atom is -0.478 e. The monoisotopic (exact) mass is 228 g/mol. The van der Waals surface area contributed by atoms with Crippen molar-refractivity contribution in [3.05, 3.63) is 54.9 Å². The number of aliphatic carboxylic acids is 1. The summed E-state index contributed by atoms with van der Waals surface area (Å²) in [5.41, 5.74) is 2.12. The Bertz CT molecular complexity index is 529. The molecule has 1 heterocycles. The maximum Gasteiger partial charge on any atom is 0.328 e. The van der Waals surface area contributed by atoms with Crippen LogP contribution in [0.15, 0.2) is 54.9 Å². The van der Waals surface area contributed by atoms with E-state index < -0.39 is 5.97 Å². The fourth-order valence-electron chi connectivity index (χ4n) is 1.50. The molecule has 1 aromatic heterocycles. The number of nitrogens with zero attached hydrogens (tertiary/aromatic N) is 2. The van der Waals surface area contributed by atoms with Crippen LogP contribution in [0.1, 0.15) is 0 Å². The molecule has 0 unspecified atom stereocenters. The van der Waals surface area contributed by atoms with Gasteiger partial charge in [0.05, 0.1) is 12.7 Å². The molecule has 0 aliphatic heterocycles. The van der Waals surface area contributed by atoms with Crippen LogP contribution in [0.25, 0.3) is 11.1 Å². The highest BCUT2D eigenvalue weighted by molar-refractivity contribution is 5.79. The predicted molar refractivity (Wildman–Crippen MR) is 64.4 cm³/mol. The van der Waals surface area contributed by atoms with Crippen molar-refractivity contribution in [3.8, 4) is 11.1 Å². The third kappa shape index (κ3) is 3.04. The second-order valence-corrected chi connectivity index (χ2v) is 3.56. The summed E-state index contributed by atoms with van der Waals surface area (Å²) in [4.78, 5) is 10.3. The summed E-state index contributed by atoms with van der Waals surface area (Å²) in [5.74, 6) is -0.944. The van der Waals surface area contributed by atoms with Gasteiger partial charge in [0.25, 0.3) is 0 Å². The molecule has 4 nitrogen and oxygen atoms in total. The lowest BCUT2D eigenvalue weighted by atomic mass is 10.1. The smallest absolute Gasteiger partial charge is 0.328 e. The molecule has 2 aromatic rings. The fourth-order valence-corrected chi connectivity index (χ4v) is 1.50. The maximum atomic E-state index is 10.3. The first-order valence-electron chi connectivity index (χ1n) is 5.23. The van der Waals surface area contributed by atoms with E-state index in [0.717, 1.165) is 17.2 Å². The molecule has 0 atom stereocenters. The molecule has 17 heavy (non-hydrogen) atoms. The van der Waals surface area contributed by atoms with E-state index in [0.29, 0.717) is 6.54 Å². The van der Waals surface area contributed by atoms with Crippen LogP contribution in [0.4, 0.5) is 0 Å². The normalized spacial score (nSPS) is 10.8. The summed E-state index contributed by atoms with van der Waals surface area (Å²) >= 11 is 0. The standard InChI is InChI=1S/C13H12N2O2/c16-13(17)7-4-8-15-10-12(9-14-15)11-5-2-1-3-6-11/h1-7,9-10H,8H2,(H,16,17). The van der Waals surface area contributed by atoms with Gasteiger partial charge >= 0.3 is 5.97 Å².